The average Bonchev–Trinajstić information content (AvgIpc) is 3.33. The molecule has 5 heteroatoms. The lowest BCUT2D eigenvalue weighted by molar-refractivity contribution is -0.237. The van der Waals surface area contributed by atoms with Crippen molar-refractivity contribution >= 4 is 5.97 Å². The van der Waals surface area contributed by atoms with Crippen molar-refractivity contribution in [3.8, 4) is 5.75 Å². The minimum Gasteiger partial charge on any atom is -0.508 e. The maximum absolute atomic E-state index is 11.9. The smallest absolute Gasteiger partial charge is 0.305 e. The van der Waals surface area contributed by atoms with E-state index in [0.29, 0.717) is 55.7 Å². The van der Waals surface area contributed by atoms with E-state index in [1.54, 1.807) is 0 Å². The molecule has 1 aliphatic heterocycles. The van der Waals surface area contributed by atoms with Gasteiger partial charge in [0.2, 0.25) is 0 Å². The molecule has 2 saturated carbocycles. The molecule has 0 unspecified atom stereocenters. The summed E-state index contributed by atoms with van der Waals surface area (Å²) in [5.74, 6) is 2.06. The molecule has 3 fully saturated rings. The molecule has 5 rings (SSSR count). The highest BCUT2D eigenvalue weighted by atomic mass is 16.7. The van der Waals surface area contributed by atoms with Crippen molar-refractivity contribution in [2.45, 2.75) is 83.8 Å². The Morgan fingerprint density at radius 1 is 1.25 bits per heavy atom. The van der Waals surface area contributed by atoms with E-state index in [9.17, 15) is 9.90 Å². The van der Waals surface area contributed by atoms with Crippen molar-refractivity contribution < 1.29 is 24.1 Å². The van der Waals surface area contributed by atoms with Gasteiger partial charge in [-0.15, -0.1) is 0 Å². The average molecular weight is 443 g/mol. The van der Waals surface area contributed by atoms with E-state index < -0.39 is 5.79 Å². The van der Waals surface area contributed by atoms with E-state index in [1.807, 2.05) is 19.9 Å². The Labute approximate surface area is 191 Å². The molecule has 3 aliphatic carbocycles. The second-order valence-electron chi connectivity index (χ2n) is 10.7. The van der Waals surface area contributed by atoms with E-state index in [1.165, 1.54) is 11.1 Å². The maximum atomic E-state index is 11.9. The van der Waals surface area contributed by atoms with Crippen LogP contribution in [-0.2, 0) is 25.4 Å². The van der Waals surface area contributed by atoms with Crippen LogP contribution in [0, 0.1) is 30.1 Å². The molecule has 5 atom stereocenters. The zero-order valence-corrected chi connectivity index (χ0v) is 19.8. The van der Waals surface area contributed by atoms with E-state index >= 15 is 0 Å². The van der Waals surface area contributed by atoms with Gasteiger partial charge in [-0.2, -0.15) is 0 Å². The summed E-state index contributed by atoms with van der Waals surface area (Å²) < 4.78 is 18.0. The molecule has 1 aromatic carbocycles. The van der Waals surface area contributed by atoms with E-state index in [-0.39, 0.29) is 11.4 Å². The zero-order valence-electron chi connectivity index (χ0n) is 19.8. The molecule has 1 N–H and O–H groups in total. The largest absolute Gasteiger partial charge is 0.508 e. The van der Waals surface area contributed by atoms with Gasteiger partial charge in [0, 0.05) is 18.3 Å². The number of carbonyl (C=O) groups excluding carboxylic acids is 1. The van der Waals surface area contributed by atoms with Gasteiger partial charge in [-0.25, -0.2) is 0 Å². The maximum Gasteiger partial charge on any atom is 0.305 e. The number of benzene rings is 1. The Morgan fingerprint density at radius 2 is 2.03 bits per heavy atom. The molecule has 1 aromatic rings. The molecule has 32 heavy (non-hydrogen) atoms. The van der Waals surface area contributed by atoms with Crippen LogP contribution in [0.1, 0.15) is 81.4 Å². The number of esters is 1. The van der Waals surface area contributed by atoms with E-state index in [0.717, 1.165) is 50.5 Å². The third-order valence-corrected chi connectivity index (χ3v) is 9.22. The minimum absolute atomic E-state index is 0.0166. The lowest BCUT2D eigenvalue weighted by Gasteiger charge is -2.53. The first-order valence-electron chi connectivity index (χ1n) is 12.6. The minimum atomic E-state index is -0.456. The molecule has 4 aliphatic rings. The number of fused-ring (bicyclic) bond motifs is 6. The standard InChI is InChI=1S/C27H38O5/c1-4-30-24(29)7-5-6-19-16-27(31-12-13-32-27)26(3)11-10-20-21(25(19)26)9-8-18-15-23(28)17(2)14-22(18)20/h14-15,19-21,25,28H,4-13,16H2,1-3H3/t19-,20-,21+,25-,26-/m0/s1. The van der Waals surface area contributed by atoms with Gasteiger partial charge in [0.05, 0.1) is 19.8 Å². The van der Waals surface area contributed by atoms with Gasteiger partial charge in [-0.3, -0.25) is 4.79 Å². The molecule has 1 spiro atoms. The Bertz CT molecular complexity index is 873. The highest BCUT2D eigenvalue weighted by molar-refractivity contribution is 5.69. The fourth-order valence-electron chi connectivity index (χ4n) is 7.92. The molecule has 0 aromatic heterocycles. The van der Waals surface area contributed by atoms with Crippen molar-refractivity contribution in [1.29, 1.82) is 0 Å². The predicted molar refractivity (Wildman–Crippen MR) is 121 cm³/mol. The van der Waals surface area contributed by atoms with Crippen molar-refractivity contribution in [2.24, 2.45) is 23.2 Å². The monoisotopic (exact) mass is 442 g/mol. The number of ether oxygens (including phenoxy) is 3. The van der Waals surface area contributed by atoms with Gasteiger partial charge in [-0.1, -0.05) is 13.0 Å². The first-order chi connectivity index (χ1) is 15.4. The third kappa shape index (κ3) is 3.38. The number of phenols is 1. The summed E-state index contributed by atoms with van der Waals surface area (Å²) >= 11 is 0. The topological polar surface area (TPSA) is 65.0 Å². The van der Waals surface area contributed by atoms with Crippen LogP contribution < -0.4 is 0 Å². The molecular formula is C27H38O5. The van der Waals surface area contributed by atoms with Crippen LogP contribution >= 0.6 is 0 Å². The molecular weight excluding hydrogens is 404 g/mol. The molecule has 5 nitrogen and oxygen atoms in total. The summed E-state index contributed by atoms with van der Waals surface area (Å²) in [4.78, 5) is 11.9. The molecule has 0 amide bonds. The van der Waals surface area contributed by atoms with Gasteiger partial charge in [-0.05, 0) is 98.8 Å². The van der Waals surface area contributed by atoms with Crippen LogP contribution in [0.15, 0.2) is 12.1 Å². The summed E-state index contributed by atoms with van der Waals surface area (Å²) in [6.45, 7) is 8.12. The first kappa shape index (κ1) is 22.2. The summed E-state index contributed by atoms with van der Waals surface area (Å²) in [5.41, 5.74) is 3.79. The number of rotatable bonds is 5. The van der Waals surface area contributed by atoms with Crippen molar-refractivity contribution in [3.05, 3.63) is 28.8 Å². The lowest BCUT2D eigenvalue weighted by atomic mass is 9.53. The van der Waals surface area contributed by atoms with Gasteiger partial charge in [0.25, 0.3) is 0 Å². The second kappa shape index (κ2) is 8.32. The first-order valence-corrected chi connectivity index (χ1v) is 12.6. The van der Waals surface area contributed by atoms with Crippen LogP contribution in [0.4, 0.5) is 0 Å². The number of aromatic hydroxyl groups is 1. The van der Waals surface area contributed by atoms with Crippen molar-refractivity contribution in [3.63, 3.8) is 0 Å². The van der Waals surface area contributed by atoms with Crippen molar-refractivity contribution in [2.75, 3.05) is 19.8 Å². The van der Waals surface area contributed by atoms with Crippen LogP contribution in [0.3, 0.4) is 0 Å². The Morgan fingerprint density at radius 3 is 2.78 bits per heavy atom. The summed E-state index contributed by atoms with van der Waals surface area (Å²) in [7, 11) is 0. The zero-order chi connectivity index (χ0) is 22.5. The fraction of sp³-hybridized carbons (Fsp3) is 0.741. The SMILES string of the molecule is CCOC(=O)CCC[C@H]1CC2(OCCO2)[C@@]2(C)CC[C@@H]3c4cc(C)c(O)cc4CC[C@H]3[C@H]12. The molecule has 176 valence electrons. The number of hydrogen-bond acceptors (Lipinski definition) is 5. The van der Waals surface area contributed by atoms with E-state index in [2.05, 4.69) is 13.0 Å². The van der Waals surface area contributed by atoms with Crippen LogP contribution in [0.5, 0.6) is 5.75 Å². The number of hydrogen-bond donors (Lipinski definition) is 1. The van der Waals surface area contributed by atoms with Gasteiger partial charge in [0.15, 0.2) is 5.79 Å². The summed E-state index contributed by atoms with van der Waals surface area (Å²) in [5, 5.41) is 10.3. The van der Waals surface area contributed by atoms with Crippen molar-refractivity contribution in [1.82, 2.24) is 0 Å². The second-order valence-corrected chi connectivity index (χ2v) is 10.7. The van der Waals surface area contributed by atoms with Gasteiger partial charge >= 0.3 is 5.97 Å². The molecule has 0 bridgehead atoms. The summed E-state index contributed by atoms with van der Waals surface area (Å²) in [6, 6.07) is 4.25. The third-order valence-electron chi connectivity index (χ3n) is 9.22. The number of phenolic OH excluding ortho intramolecular Hbond substituents is 1. The quantitative estimate of drug-likeness (QED) is 0.630. The predicted octanol–water partition coefficient (Wildman–Crippen LogP) is 5.26. The highest BCUT2D eigenvalue weighted by Gasteiger charge is 2.68. The number of carbonyl (C=O) groups is 1. The Hall–Kier alpha value is -1.59. The Balaban J connectivity index is 1.43. The van der Waals surface area contributed by atoms with Crippen LogP contribution in [0.25, 0.3) is 0 Å². The molecule has 1 saturated heterocycles. The highest BCUT2D eigenvalue weighted by Crippen LogP contribution is 2.68. The van der Waals surface area contributed by atoms with Gasteiger partial charge < -0.3 is 19.3 Å². The van der Waals surface area contributed by atoms with Crippen LogP contribution in [0.2, 0.25) is 0 Å². The Kier molecular flexibility index (Phi) is 5.78. The summed E-state index contributed by atoms with van der Waals surface area (Å²) in [6.07, 6.45) is 7.78. The van der Waals surface area contributed by atoms with E-state index in [4.69, 9.17) is 14.2 Å². The lowest BCUT2D eigenvalue weighted by Crippen LogP contribution is -2.51. The molecule has 0 radical (unpaired) electrons. The normalized spacial score (nSPS) is 34.7. The molecule has 1 heterocycles. The number of aryl methyl sites for hydroxylation is 2. The van der Waals surface area contributed by atoms with Crippen LogP contribution in [-0.4, -0.2) is 36.7 Å². The fourth-order valence-corrected chi connectivity index (χ4v) is 7.92. The van der Waals surface area contributed by atoms with Gasteiger partial charge in [0.1, 0.15) is 5.75 Å².